The minimum Gasteiger partial charge on any atom is -0.394 e. The second-order valence-electron chi connectivity index (χ2n) is 16.9. The maximum atomic E-state index is 10.4. The number of allylic oxidation sites excluding steroid dienone is 4. The molecule has 5 unspecified atom stereocenters. The molecule has 0 aromatic heterocycles. The lowest BCUT2D eigenvalue weighted by Gasteiger charge is -2.69. The number of hydrogen-bond acceptors (Lipinski definition) is 4. The molecule has 0 saturated heterocycles. The van der Waals surface area contributed by atoms with Crippen LogP contribution in [0.5, 0.6) is 0 Å². The van der Waals surface area contributed by atoms with Crippen molar-refractivity contribution in [1.82, 2.24) is 0 Å². The first kappa shape index (κ1) is 30.8. The first-order chi connectivity index (χ1) is 18.6. The molecule has 5 aliphatic carbocycles. The summed E-state index contributed by atoms with van der Waals surface area (Å²) in [7, 11) is 0. The van der Waals surface area contributed by atoms with E-state index in [9.17, 15) is 15.3 Å². The highest BCUT2D eigenvalue weighted by Crippen LogP contribution is 2.75. The van der Waals surface area contributed by atoms with Gasteiger partial charge in [0.25, 0.3) is 0 Å². The number of aliphatic hydroxyl groups excluding tert-OH is 4. The highest BCUT2D eigenvalue weighted by atomic mass is 16.4. The second-order valence-corrected chi connectivity index (χ2v) is 16.9. The van der Waals surface area contributed by atoms with Gasteiger partial charge in [-0.3, -0.25) is 0 Å². The summed E-state index contributed by atoms with van der Waals surface area (Å²) >= 11 is 0. The Morgan fingerprint density at radius 3 is 2.08 bits per heavy atom. The third kappa shape index (κ3) is 4.20. The zero-order valence-electron chi connectivity index (χ0n) is 26.7. The average Bonchev–Trinajstić information content (AvgIpc) is 3.26. The summed E-state index contributed by atoms with van der Waals surface area (Å²) in [6.45, 7) is 19.8. The van der Waals surface area contributed by atoms with Gasteiger partial charge in [-0.05, 0) is 120 Å². The molecule has 0 aliphatic heterocycles. The fourth-order valence-corrected chi connectivity index (χ4v) is 11.8. The Morgan fingerprint density at radius 1 is 0.750 bits per heavy atom. The zero-order valence-corrected chi connectivity index (χ0v) is 26.7. The molecule has 0 amide bonds. The Balaban J connectivity index is 1.38. The number of hydrogen-bond donors (Lipinski definition) is 4. The predicted molar refractivity (Wildman–Crippen MR) is 162 cm³/mol. The minimum atomic E-state index is -1.29. The van der Waals surface area contributed by atoms with Crippen molar-refractivity contribution in [2.45, 2.75) is 125 Å². The Morgan fingerprint density at radius 2 is 1.40 bits per heavy atom. The summed E-state index contributed by atoms with van der Waals surface area (Å²) in [4.78, 5) is 0. The Hall–Kier alpha value is -0.680. The molecule has 3 fully saturated rings. The van der Waals surface area contributed by atoms with Gasteiger partial charge >= 0.3 is 0 Å². The van der Waals surface area contributed by atoms with Crippen LogP contribution >= 0.6 is 0 Å². The standard InChI is InChI=1S/C36H60O4/c1-22(9-10-26(38)31(40)27(39)21-37)24-14-18-33(5)25(24)15-19-35(7)29(33)11-12-30-34(6)17-13-23(2)32(3,4)28(34)16-20-36(30,35)8/h11-12,16,20,22-31,37-40H,9-10,13-15,17-19,21H2,1-8H3/t22?,23?,24-,25+,26?,27?,28+,29-,30-,31?,33+,34+,35-,36-/m1/s1. The third-order valence-corrected chi connectivity index (χ3v) is 15.0. The molecule has 228 valence electrons. The monoisotopic (exact) mass is 556 g/mol. The van der Waals surface area contributed by atoms with Gasteiger partial charge in [-0.25, -0.2) is 0 Å². The quantitative estimate of drug-likeness (QED) is 0.261. The molecule has 0 heterocycles. The lowest BCUT2D eigenvalue weighted by Crippen LogP contribution is -2.63. The molecule has 5 rings (SSSR count). The summed E-state index contributed by atoms with van der Waals surface area (Å²) in [5, 5.41) is 39.4. The number of fused-ring (bicyclic) bond motifs is 7. The minimum absolute atomic E-state index is 0.166. The zero-order chi connectivity index (χ0) is 29.5. The molecule has 4 N–H and O–H groups in total. The van der Waals surface area contributed by atoms with Crippen molar-refractivity contribution in [2.24, 2.45) is 68.5 Å². The molecule has 0 aromatic carbocycles. The summed E-state index contributed by atoms with van der Waals surface area (Å²) in [6, 6.07) is 0. The Bertz CT molecular complexity index is 1000. The molecular formula is C36H60O4. The van der Waals surface area contributed by atoms with Crippen molar-refractivity contribution in [1.29, 1.82) is 0 Å². The van der Waals surface area contributed by atoms with E-state index < -0.39 is 24.9 Å². The van der Waals surface area contributed by atoms with E-state index in [1.807, 2.05) is 0 Å². The molecule has 4 nitrogen and oxygen atoms in total. The van der Waals surface area contributed by atoms with Gasteiger partial charge < -0.3 is 20.4 Å². The van der Waals surface area contributed by atoms with E-state index in [1.54, 1.807) is 0 Å². The van der Waals surface area contributed by atoms with Gasteiger partial charge in [0.05, 0.1) is 12.7 Å². The van der Waals surface area contributed by atoms with Crippen LogP contribution in [0.4, 0.5) is 0 Å². The summed E-state index contributed by atoms with van der Waals surface area (Å²) in [5.41, 5.74) is 1.33. The highest BCUT2D eigenvalue weighted by molar-refractivity contribution is 5.33. The lowest BCUT2D eigenvalue weighted by atomic mass is 9.34. The van der Waals surface area contributed by atoms with Crippen LogP contribution < -0.4 is 0 Å². The number of rotatable bonds is 7. The van der Waals surface area contributed by atoms with Crippen LogP contribution in [0.2, 0.25) is 0 Å². The molecule has 0 spiro atoms. The molecule has 40 heavy (non-hydrogen) atoms. The number of aliphatic hydroxyl groups is 4. The topological polar surface area (TPSA) is 80.9 Å². The second kappa shape index (κ2) is 10.2. The van der Waals surface area contributed by atoms with Crippen molar-refractivity contribution in [2.75, 3.05) is 6.61 Å². The van der Waals surface area contributed by atoms with Crippen LogP contribution in [0.1, 0.15) is 107 Å². The Labute approximate surface area is 244 Å². The van der Waals surface area contributed by atoms with Crippen molar-refractivity contribution in [3.8, 4) is 0 Å². The first-order valence-electron chi connectivity index (χ1n) is 16.6. The van der Waals surface area contributed by atoms with Gasteiger partial charge in [0.1, 0.15) is 12.2 Å². The van der Waals surface area contributed by atoms with Crippen molar-refractivity contribution < 1.29 is 20.4 Å². The predicted octanol–water partition coefficient (Wildman–Crippen LogP) is 6.77. The maximum absolute atomic E-state index is 10.4. The molecule has 3 saturated carbocycles. The van der Waals surface area contributed by atoms with Gasteiger partial charge in [-0.2, -0.15) is 0 Å². The summed E-state index contributed by atoms with van der Waals surface area (Å²) in [5.74, 6) is 4.31. The van der Waals surface area contributed by atoms with Crippen LogP contribution in [-0.2, 0) is 0 Å². The van der Waals surface area contributed by atoms with Gasteiger partial charge in [-0.15, -0.1) is 0 Å². The lowest BCUT2D eigenvalue weighted by molar-refractivity contribution is -0.155. The van der Waals surface area contributed by atoms with Crippen molar-refractivity contribution in [3.63, 3.8) is 0 Å². The van der Waals surface area contributed by atoms with E-state index in [4.69, 9.17) is 5.11 Å². The van der Waals surface area contributed by atoms with Gasteiger partial charge in [0, 0.05) is 0 Å². The first-order valence-corrected chi connectivity index (χ1v) is 16.6. The molecule has 4 heteroatoms. The van der Waals surface area contributed by atoms with Crippen LogP contribution in [0.3, 0.4) is 0 Å². The fourth-order valence-electron chi connectivity index (χ4n) is 11.8. The van der Waals surface area contributed by atoms with E-state index >= 15 is 0 Å². The van der Waals surface area contributed by atoms with E-state index in [-0.39, 0.29) is 16.2 Å². The van der Waals surface area contributed by atoms with Crippen LogP contribution in [-0.4, -0.2) is 45.3 Å². The summed E-state index contributed by atoms with van der Waals surface area (Å²) in [6.07, 6.45) is 16.2. The van der Waals surface area contributed by atoms with Crippen LogP contribution in [0.25, 0.3) is 0 Å². The normalized spacial score (nSPS) is 50.2. The van der Waals surface area contributed by atoms with E-state index in [2.05, 4.69) is 79.7 Å². The smallest absolute Gasteiger partial charge is 0.108 e. The highest BCUT2D eigenvalue weighted by Gasteiger charge is 2.68. The van der Waals surface area contributed by atoms with E-state index in [0.29, 0.717) is 52.8 Å². The molecular weight excluding hydrogens is 496 g/mol. The largest absolute Gasteiger partial charge is 0.394 e. The molecule has 0 bridgehead atoms. The molecule has 14 atom stereocenters. The fraction of sp³-hybridized carbons (Fsp3) is 0.889. The maximum Gasteiger partial charge on any atom is 0.108 e. The molecule has 5 aliphatic rings. The molecule has 0 radical (unpaired) electrons. The van der Waals surface area contributed by atoms with Crippen LogP contribution in [0, 0.1) is 68.5 Å². The van der Waals surface area contributed by atoms with Crippen molar-refractivity contribution >= 4 is 0 Å². The molecule has 0 aromatic rings. The summed E-state index contributed by atoms with van der Waals surface area (Å²) < 4.78 is 0. The van der Waals surface area contributed by atoms with E-state index in [0.717, 1.165) is 12.3 Å². The third-order valence-electron chi connectivity index (χ3n) is 15.0. The van der Waals surface area contributed by atoms with E-state index in [1.165, 1.54) is 38.5 Å². The van der Waals surface area contributed by atoms with Gasteiger partial charge in [0.15, 0.2) is 0 Å². The van der Waals surface area contributed by atoms with Gasteiger partial charge in [-0.1, -0.05) is 79.7 Å². The van der Waals surface area contributed by atoms with Crippen LogP contribution in [0.15, 0.2) is 24.3 Å². The average molecular weight is 557 g/mol. The SMILES string of the molecule is CC(CCC(O)C(O)C(O)CO)[C@H]1CC[C@]2(C)[C@H]3C=C[C@@H]4[C@@]5(C)CCC(C)C(C)(C)[C@@H]5C=C[C@@]4(C)[C@]3(C)CC[C@@H]12. The van der Waals surface area contributed by atoms with Crippen molar-refractivity contribution in [3.05, 3.63) is 24.3 Å². The Kier molecular flexibility index (Phi) is 7.85. The van der Waals surface area contributed by atoms with Gasteiger partial charge in [0.2, 0.25) is 0 Å².